The molecule has 0 aliphatic carbocycles. The SMILES string of the molecule is O=Cc1ccc(OC[C@@H]2CCCN2c2nc3ccc(Cl)cc3s2)cc1. The number of aldehydes is 1. The maximum absolute atomic E-state index is 10.7. The maximum Gasteiger partial charge on any atom is 0.186 e. The first-order chi connectivity index (χ1) is 12.2. The van der Waals surface area contributed by atoms with E-state index < -0.39 is 0 Å². The molecule has 4 rings (SSSR count). The molecule has 1 aliphatic heterocycles. The Hall–Kier alpha value is -2.11. The van der Waals surface area contributed by atoms with Gasteiger partial charge in [0.15, 0.2) is 5.13 Å². The highest BCUT2D eigenvalue weighted by atomic mass is 35.5. The number of carbonyl (C=O) groups excluding carboxylic acids is 1. The molecule has 4 nitrogen and oxygen atoms in total. The lowest BCUT2D eigenvalue weighted by atomic mass is 10.2. The largest absolute Gasteiger partial charge is 0.491 e. The molecule has 6 heteroatoms. The smallest absolute Gasteiger partial charge is 0.186 e. The van der Waals surface area contributed by atoms with E-state index in [2.05, 4.69) is 4.90 Å². The van der Waals surface area contributed by atoms with Gasteiger partial charge in [-0.25, -0.2) is 4.98 Å². The number of anilines is 1. The maximum atomic E-state index is 10.7. The van der Waals surface area contributed by atoms with E-state index in [1.807, 2.05) is 30.3 Å². The number of hydrogen-bond acceptors (Lipinski definition) is 5. The Bertz CT molecular complexity index is 894. The summed E-state index contributed by atoms with van der Waals surface area (Å²) in [5.74, 6) is 0.786. The molecule has 1 saturated heterocycles. The highest BCUT2D eigenvalue weighted by Crippen LogP contribution is 2.34. The molecule has 1 aromatic heterocycles. The molecular formula is C19H17ClN2O2S. The van der Waals surface area contributed by atoms with Gasteiger partial charge in [-0.2, -0.15) is 0 Å². The van der Waals surface area contributed by atoms with Crippen LogP contribution in [0.25, 0.3) is 10.2 Å². The number of thiazole rings is 1. The summed E-state index contributed by atoms with van der Waals surface area (Å²) >= 11 is 7.75. The number of hydrogen-bond donors (Lipinski definition) is 0. The van der Waals surface area contributed by atoms with Gasteiger partial charge in [-0.3, -0.25) is 4.79 Å². The Kier molecular flexibility index (Phi) is 4.59. The van der Waals surface area contributed by atoms with E-state index in [-0.39, 0.29) is 0 Å². The van der Waals surface area contributed by atoms with Crippen LogP contribution in [0.15, 0.2) is 42.5 Å². The van der Waals surface area contributed by atoms with Gasteiger partial charge in [-0.15, -0.1) is 0 Å². The minimum atomic E-state index is 0.307. The van der Waals surface area contributed by atoms with Gasteiger partial charge in [0.05, 0.1) is 16.3 Å². The molecule has 2 heterocycles. The van der Waals surface area contributed by atoms with Crippen LogP contribution < -0.4 is 9.64 Å². The molecule has 25 heavy (non-hydrogen) atoms. The molecule has 1 fully saturated rings. The summed E-state index contributed by atoms with van der Waals surface area (Å²) in [4.78, 5) is 17.8. The van der Waals surface area contributed by atoms with E-state index in [4.69, 9.17) is 21.3 Å². The first kappa shape index (κ1) is 16.4. The summed E-state index contributed by atoms with van der Waals surface area (Å²) in [6, 6.07) is 13.3. The highest BCUT2D eigenvalue weighted by Gasteiger charge is 2.27. The first-order valence-electron chi connectivity index (χ1n) is 8.24. The molecule has 0 unspecified atom stereocenters. The van der Waals surface area contributed by atoms with Gasteiger partial charge in [0, 0.05) is 17.1 Å². The fourth-order valence-electron chi connectivity index (χ4n) is 3.10. The number of rotatable bonds is 5. The average Bonchev–Trinajstić information content (AvgIpc) is 3.26. The van der Waals surface area contributed by atoms with Crippen molar-refractivity contribution >= 4 is 44.6 Å². The van der Waals surface area contributed by atoms with E-state index in [1.54, 1.807) is 23.5 Å². The summed E-state index contributed by atoms with van der Waals surface area (Å²) in [6.45, 7) is 1.60. The van der Waals surface area contributed by atoms with Gasteiger partial charge in [-0.1, -0.05) is 22.9 Å². The predicted octanol–water partition coefficient (Wildman–Crippen LogP) is 4.81. The molecule has 128 valence electrons. The van der Waals surface area contributed by atoms with Crippen LogP contribution in [-0.4, -0.2) is 30.5 Å². The van der Waals surface area contributed by atoms with Crippen molar-refractivity contribution in [2.75, 3.05) is 18.1 Å². The Labute approximate surface area is 155 Å². The highest BCUT2D eigenvalue weighted by molar-refractivity contribution is 7.22. The Balaban J connectivity index is 1.48. The van der Waals surface area contributed by atoms with Crippen molar-refractivity contribution in [3.63, 3.8) is 0 Å². The fraction of sp³-hybridized carbons (Fsp3) is 0.263. The van der Waals surface area contributed by atoms with Crippen LogP contribution >= 0.6 is 22.9 Å². The van der Waals surface area contributed by atoms with Gasteiger partial charge in [-0.05, 0) is 55.3 Å². The third kappa shape index (κ3) is 3.48. The fourth-order valence-corrected chi connectivity index (χ4v) is 4.44. The Morgan fingerprint density at radius 1 is 1.28 bits per heavy atom. The van der Waals surface area contributed by atoms with E-state index in [0.717, 1.165) is 51.8 Å². The minimum Gasteiger partial charge on any atom is -0.491 e. The van der Waals surface area contributed by atoms with Crippen LogP contribution in [-0.2, 0) is 0 Å². The quantitative estimate of drug-likeness (QED) is 0.603. The van der Waals surface area contributed by atoms with Gasteiger partial charge < -0.3 is 9.64 Å². The van der Waals surface area contributed by atoms with Crippen molar-refractivity contribution in [3.05, 3.63) is 53.1 Å². The van der Waals surface area contributed by atoms with Gasteiger partial charge in [0.1, 0.15) is 18.6 Å². The van der Waals surface area contributed by atoms with Crippen molar-refractivity contribution in [1.29, 1.82) is 0 Å². The van der Waals surface area contributed by atoms with Crippen LogP contribution in [0.3, 0.4) is 0 Å². The van der Waals surface area contributed by atoms with E-state index >= 15 is 0 Å². The topological polar surface area (TPSA) is 42.4 Å². The van der Waals surface area contributed by atoms with Gasteiger partial charge in [0.25, 0.3) is 0 Å². The molecule has 1 aliphatic rings. The molecule has 1 atom stereocenters. The second kappa shape index (κ2) is 7.02. The second-order valence-corrected chi connectivity index (χ2v) is 7.54. The standard InChI is InChI=1S/C19H17ClN2O2S/c20-14-5-8-17-18(10-14)25-19(21-17)22-9-1-2-15(22)12-24-16-6-3-13(11-23)4-7-16/h3-8,10-11,15H,1-2,9,12H2/t15-/m0/s1. The molecule has 2 aromatic carbocycles. The number of halogens is 1. The van der Waals surface area contributed by atoms with Crippen LogP contribution in [0.1, 0.15) is 23.2 Å². The zero-order valence-electron chi connectivity index (χ0n) is 13.5. The Morgan fingerprint density at radius 3 is 2.92 bits per heavy atom. The second-order valence-electron chi connectivity index (χ2n) is 6.10. The van der Waals surface area contributed by atoms with Crippen molar-refractivity contribution < 1.29 is 9.53 Å². The van der Waals surface area contributed by atoms with Gasteiger partial charge >= 0.3 is 0 Å². The monoisotopic (exact) mass is 372 g/mol. The molecule has 0 saturated carbocycles. The predicted molar refractivity (Wildman–Crippen MR) is 102 cm³/mol. The number of aromatic nitrogens is 1. The number of ether oxygens (including phenoxy) is 1. The molecule has 0 N–H and O–H groups in total. The third-order valence-electron chi connectivity index (χ3n) is 4.42. The van der Waals surface area contributed by atoms with Crippen LogP contribution in [0.4, 0.5) is 5.13 Å². The number of carbonyl (C=O) groups is 1. The lowest BCUT2D eigenvalue weighted by Gasteiger charge is -2.24. The molecule has 0 amide bonds. The van der Waals surface area contributed by atoms with E-state index in [1.165, 1.54) is 0 Å². The minimum absolute atomic E-state index is 0.307. The molecule has 0 spiro atoms. The van der Waals surface area contributed by atoms with Crippen LogP contribution in [0.5, 0.6) is 5.75 Å². The normalized spacial score (nSPS) is 17.2. The van der Waals surface area contributed by atoms with Crippen molar-refractivity contribution in [2.24, 2.45) is 0 Å². The first-order valence-corrected chi connectivity index (χ1v) is 9.43. The number of fused-ring (bicyclic) bond motifs is 1. The summed E-state index contributed by atoms with van der Waals surface area (Å²) < 4.78 is 7.04. The third-order valence-corrected chi connectivity index (χ3v) is 5.71. The zero-order valence-corrected chi connectivity index (χ0v) is 15.1. The Morgan fingerprint density at radius 2 is 2.12 bits per heavy atom. The van der Waals surface area contributed by atoms with Gasteiger partial charge in [0.2, 0.25) is 0 Å². The van der Waals surface area contributed by atoms with Crippen molar-refractivity contribution in [3.8, 4) is 5.75 Å². The zero-order chi connectivity index (χ0) is 17.2. The average molecular weight is 373 g/mol. The summed E-state index contributed by atoms with van der Waals surface area (Å²) in [7, 11) is 0. The lowest BCUT2D eigenvalue weighted by molar-refractivity contribution is 0.112. The van der Waals surface area contributed by atoms with E-state index in [9.17, 15) is 4.79 Å². The summed E-state index contributed by atoms with van der Waals surface area (Å²) in [6.07, 6.45) is 3.06. The molecule has 3 aromatic rings. The van der Waals surface area contributed by atoms with Crippen LogP contribution in [0, 0.1) is 0 Å². The summed E-state index contributed by atoms with van der Waals surface area (Å²) in [5.41, 5.74) is 1.64. The van der Waals surface area contributed by atoms with Crippen molar-refractivity contribution in [1.82, 2.24) is 4.98 Å². The van der Waals surface area contributed by atoms with E-state index in [0.29, 0.717) is 18.2 Å². The molecule has 0 bridgehead atoms. The summed E-state index contributed by atoms with van der Waals surface area (Å²) in [5, 5.41) is 1.77. The number of nitrogens with zero attached hydrogens (tertiary/aromatic N) is 2. The lowest BCUT2D eigenvalue weighted by Crippen LogP contribution is -2.34. The number of benzene rings is 2. The van der Waals surface area contributed by atoms with Crippen LogP contribution in [0.2, 0.25) is 5.02 Å². The van der Waals surface area contributed by atoms with Crippen molar-refractivity contribution in [2.45, 2.75) is 18.9 Å². The molecular weight excluding hydrogens is 356 g/mol. The molecule has 0 radical (unpaired) electrons.